The Bertz CT molecular complexity index is 347. The first kappa shape index (κ1) is 10.0. The average Bonchev–Trinajstić information content (AvgIpc) is 2.19. The van der Waals surface area contributed by atoms with Crippen molar-refractivity contribution in [3.63, 3.8) is 0 Å². The summed E-state index contributed by atoms with van der Waals surface area (Å²) in [6.07, 6.45) is 1.65. The van der Waals surface area contributed by atoms with Crippen LogP contribution < -0.4 is 0 Å². The summed E-state index contributed by atoms with van der Waals surface area (Å²) in [4.78, 5) is 10.4. The molecule has 1 nitrogen and oxygen atoms in total. The van der Waals surface area contributed by atoms with Gasteiger partial charge in [0.1, 0.15) is 6.29 Å². The molecule has 0 aliphatic carbocycles. The molecule has 0 atom stereocenters. The van der Waals surface area contributed by atoms with Crippen LogP contribution in [0.25, 0.3) is 0 Å². The normalized spacial score (nSPS) is 8.69. The van der Waals surface area contributed by atoms with Crippen molar-refractivity contribution in [3.05, 3.63) is 35.4 Å². The van der Waals surface area contributed by atoms with Crippen molar-refractivity contribution in [2.45, 2.75) is 6.42 Å². The Balaban J connectivity index is 2.79. The van der Waals surface area contributed by atoms with Gasteiger partial charge in [0.25, 0.3) is 0 Å². The maximum atomic E-state index is 10.4. The lowest BCUT2D eigenvalue weighted by Crippen LogP contribution is -1.80. The first-order valence-corrected chi connectivity index (χ1v) is 5.09. The predicted octanol–water partition coefficient (Wildman–Crippen LogP) is 2.64. The highest BCUT2D eigenvalue weighted by atomic mass is 79.9. The fourth-order valence-corrected chi connectivity index (χ4v) is 1.10. The fourth-order valence-electron chi connectivity index (χ4n) is 0.902. The second kappa shape index (κ2) is 5.55. The molecule has 1 rings (SSSR count). The van der Waals surface area contributed by atoms with Crippen LogP contribution in [0.2, 0.25) is 0 Å². The quantitative estimate of drug-likeness (QED) is 0.439. The van der Waals surface area contributed by atoms with Crippen molar-refractivity contribution < 1.29 is 4.79 Å². The van der Waals surface area contributed by atoms with E-state index in [1.54, 1.807) is 12.1 Å². The van der Waals surface area contributed by atoms with Crippen molar-refractivity contribution >= 4 is 22.2 Å². The monoisotopic (exact) mass is 236 g/mol. The molecule has 0 bridgehead atoms. The van der Waals surface area contributed by atoms with E-state index < -0.39 is 0 Å². The Morgan fingerprint density at radius 1 is 1.46 bits per heavy atom. The van der Waals surface area contributed by atoms with E-state index in [1.165, 1.54) is 0 Å². The third-order valence-electron chi connectivity index (χ3n) is 1.47. The molecule has 0 heterocycles. The summed E-state index contributed by atoms with van der Waals surface area (Å²) in [6.45, 7) is 0. The Morgan fingerprint density at radius 2 is 2.31 bits per heavy atom. The van der Waals surface area contributed by atoms with Crippen molar-refractivity contribution in [3.8, 4) is 11.8 Å². The lowest BCUT2D eigenvalue weighted by atomic mass is 10.1. The molecule has 0 amide bonds. The number of benzene rings is 1. The van der Waals surface area contributed by atoms with E-state index in [0.29, 0.717) is 5.56 Å². The van der Waals surface area contributed by atoms with Gasteiger partial charge in [-0.05, 0) is 12.1 Å². The number of hydrogen-bond donors (Lipinski definition) is 0. The number of aldehydes is 1. The summed E-state index contributed by atoms with van der Waals surface area (Å²) in [5.41, 5.74) is 1.57. The molecule has 0 spiro atoms. The molecule has 0 saturated heterocycles. The van der Waals surface area contributed by atoms with Crippen LogP contribution in [0.5, 0.6) is 0 Å². The third-order valence-corrected chi connectivity index (χ3v) is 1.87. The van der Waals surface area contributed by atoms with Gasteiger partial charge < -0.3 is 0 Å². The molecule has 1 aromatic carbocycles. The largest absolute Gasteiger partial charge is 0.298 e. The fraction of sp³-hybridized carbons (Fsp3) is 0.182. The molecule has 0 saturated carbocycles. The molecule has 0 fully saturated rings. The number of alkyl halides is 1. The number of carbonyl (C=O) groups excluding carboxylic acids is 1. The summed E-state index contributed by atoms with van der Waals surface area (Å²) in [5.74, 6) is 5.97. The molecule has 0 unspecified atom stereocenters. The molecule has 0 aromatic heterocycles. The average molecular weight is 237 g/mol. The summed E-state index contributed by atoms with van der Waals surface area (Å²) in [5, 5.41) is 0.882. The van der Waals surface area contributed by atoms with Crippen LogP contribution in [0.3, 0.4) is 0 Å². The number of rotatable bonds is 2. The molecular weight excluding hydrogens is 228 g/mol. The minimum Gasteiger partial charge on any atom is -0.298 e. The van der Waals surface area contributed by atoms with Gasteiger partial charge in [0.15, 0.2) is 0 Å². The molecule has 1 aromatic rings. The van der Waals surface area contributed by atoms with Crippen LogP contribution in [0.15, 0.2) is 24.3 Å². The van der Waals surface area contributed by atoms with Crippen LogP contribution in [0.1, 0.15) is 22.3 Å². The lowest BCUT2D eigenvalue weighted by Gasteiger charge is -1.90. The first-order chi connectivity index (χ1) is 6.36. The molecule has 13 heavy (non-hydrogen) atoms. The summed E-state index contributed by atoms with van der Waals surface area (Å²) >= 11 is 3.29. The van der Waals surface area contributed by atoms with Crippen LogP contribution >= 0.6 is 15.9 Å². The number of hydrogen-bond acceptors (Lipinski definition) is 1. The summed E-state index contributed by atoms with van der Waals surface area (Å²) < 4.78 is 0. The zero-order chi connectivity index (χ0) is 9.52. The van der Waals surface area contributed by atoms with E-state index in [9.17, 15) is 4.79 Å². The Hall–Kier alpha value is -1.07. The van der Waals surface area contributed by atoms with Crippen molar-refractivity contribution in [1.29, 1.82) is 0 Å². The molecule has 0 aliphatic heterocycles. The highest BCUT2D eigenvalue weighted by Gasteiger charge is 1.89. The van der Waals surface area contributed by atoms with E-state index in [4.69, 9.17) is 0 Å². The van der Waals surface area contributed by atoms with Gasteiger partial charge in [-0.15, -0.1) is 0 Å². The Labute approximate surface area is 86.3 Å². The van der Waals surface area contributed by atoms with Gasteiger partial charge >= 0.3 is 0 Å². The third kappa shape index (κ3) is 3.43. The van der Waals surface area contributed by atoms with Gasteiger partial charge in [-0.3, -0.25) is 4.79 Å². The molecule has 0 aliphatic rings. The van der Waals surface area contributed by atoms with Crippen LogP contribution in [-0.2, 0) is 0 Å². The Morgan fingerprint density at radius 3 is 3.00 bits per heavy atom. The predicted molar refractivity (Wildman–Crippen MR) is 57.1 cm³/mol. The molecule has 2 heteroatoms. The minimum absolute atomic E-state index is 0.672. The van der Waals surface area contributed by atoms with E-state index in [1.807, 2.05) is 12.1 Å². The Kier molecular flexibility index (Phi) is 4.28. The van der Waals surface area contributed by atoms with Crippen molar-refractivity contribution in [1.82, 2.24) is 0 Å². The van der Waals surface area contributed by atoms with E-state index in [0.717, 1.165) is 23.6 Å². The molecular formula is C11H9BrO. The van der Waals surface area contributed by atoms with E-state index >= 15 is 0 Å². The van der Waals surface area contributed by atoms with Crippen molar-refractivity contribution in [2.24, 2.45) is 0 Å². The first-order valence-electron chi connectivity index (χ1n) is 3.97. The van der Waals surface area contributed by atoms with Crippen LogP contribution in [0, 0.1) is 11.8 Å². The highest BCUT2D eigenvalue weighted by molar-refractivity contribution is 9.09. The van der Waals surface area contributed by atoms with Crippen LogP contribution in [0.4, 0.5) is 0 Å². The highest BCUT2D eigenvalue weighted by Crippen LogP contribution is 2.01. The van der Waals surface area contributed by atoms with E-state index in [-0.39, 0.29) is 0 Å². The molecule has 0 N–H and O–H groups in total. The van der Waals surface area contributed by atoms with E-state index in [2.05, 4.69) is 27.8 Å². The number of carbonyl (C=O) groups is 1. The zero-order valence-electron chi connectivity index (χ0n) is 7.09. The zero-order valence-corrected chi connectivity index (χ0v) is 8.67. The smallest absolute Gasteiger partial charge is 0.150 e. The second-order valence-corrected chi connectivity index (χ2v) is 3.28. The van der Waals surface area contributed by atoms with Gasteiger partial charge in [-0.25, -0.2) is 0 Å². The van der Waals surface area contributed by atoms with Gasteiger partial charge in [-0.1, -0.05) is 39.9 Å². The topological polar surface area (TPSA) is 17.1 Å². The van der Waals surface area contributed by atoms with Crippen molar-refractivity contribution in [2.75, 3.05) is 5.33 Å². The lowest BCUT2D eigenvalue weighted by molar-refractivity contribution is 0.112. The molecule has 0 radical (unpaired) electrons. The SMILES string of the molecule is O=Cc1cccc(C#CCCBr)c1. The minimum atomic E-state index is 0.672. The van der Waals surface area contributed by atoms with Gasteiger partial charge in [0.2, 0.25) is 0 Å². The summed E-state index contributed by atoms with van der Waals surface area (Å²) in [7, 11) is 0. The van der Waals surface area contributed by atoms with Gasteiger partial charge in [-0.2, -0.15) is 0 Å². The standard InChI is InChI=1S/C11H9BrO/c12-7-2-1-4-10-5-3-6-11(8-10)9-13/h3,5-6,8-9H,2,7H2. The summed E-state index contributed by atoms with van der Waals surface area (Å²) in [6, 6.07) is 7.28. The van der Waals surface area contributed by atoms with Gasteiger partial charge in [0.05, 0.1) is 0 Å². The second-order valence-electron chi connectivity index (χ2n) is 2.48. The number of halogens is 1. The van der Waals surface area contributed by atoms with Crippen LogP contribution in [-0.4, -0.2) is 11.6 Å². The maximum absolute atomic E-state index is 10.4. The maximum Gasteiger partial charge on any atom is 0.150 e. The molecule has 66 valence electrons. The van der Waals surface area contributed by atoms with Gasteiger partial charge in [0, 0.05) is 22.9 Å².